The monoisotopic (exact) mass is 185 g/mol. The standard InChI is InChI=1S/C9H15NOS/c1-6(2)4-8-7(3)12-9(5-11)10-8/h6,11H,4-5H2,1-3H3. The van der Waals surface area contributed by atoms with Gasteiger partial charge in [-0.2, -0.15) is 0 Å². The van der Waals surface area contributed by atoms with Gasteiger partial charge < -0.3 is 5.11 Å². The zero-order valence-electron chi connectivity index (χ0n) is 7.79. The fourth-order valence-corrected chi connectivity index (χ4v) is 1.95. The maximum Gasteiger partial charge on any atom is 0.119 e. The van der Waals surface area contributed by atoms with Gasteiger partial charge in [-0.15, -0.1) is 11.3 Å². The molecule has 0 radical (unpaired) electrons. The summed E-state index contributed by atoms with van der Waals surface area (Å²) < 4.78 is 0. The number of aliphatic hydroxyl groups excluding tert-OH is 1. The molecule has 0 atom stereocenters. The number of nitrogens with zero attached hydrogens (tertiary/aromatic N) is 1. The Morgan fingerprint density at radius 2 is 2.17 bits per heavy atom. The summed E-state index contributed by atoms with van der Waals surface area (Å²) in [5, 5.41) is 9.69. The maximum absolute atomic E-state index is 8.86. The summed E-state index contributed by atoms with van der Waals surface area (Å²) in [5.41, 5.74) is 1.15. The summed E-state index contributed by atoms with van der Waals surface area (Å²) >= 11 is 1.60. The number of rotatable bonds is 3. The number of aryl methyl sites for hydroxylation is 1. The number of thiazole rings is 1. The molecule has 0 aliphatic carbocycles. The molecule has 0 aliphatic rings. The first-order valence-corrected chi connectivity index (χ1v) is 5.01. The number of hydrogen-bond acceptors (Lipinski definition) is 3. The molecule has 3 heteroatoms. The molecular weight excluding hydrogens is 170 g/mol. The quantitative estimate of drug-likeness (QED) is 0.782. The number of hydrogen-bond donors (Lipinski definition) is 1. The highest BCUT2D eigenvalue weighted by Gasteiger charge is 2.07. The topological polar surface area (TPSA) is 33.1 Å². The molecule has 0 bridgehead atoms. The van der Waals surface area contributed by atoms with Crippen LogP contribution in [0.1, 0.15) is 29.4 Å². The molecule has 1 rings (SSSR count). The Morgan fingerprint density at radius 1 is 1.50 bits per heavy atom. The van der Waals surface area contributed by atoms with E-state index in [4.69, 9.17) is 5.11 Å². The molecule has 0 aromatic carbocycles. The molecule has 0 saturated heterocycles. The van der Waals surface area contributed by atoms with Crippen molar-refractivity contribution in [2.75, 3.05) is 0 Å². The molecule has 0 aliphatic heterocycles. The first-order valence-electron chi connectivity index (χ1n) is 4.19. The SMILES string of the molecule is Cc1sc(CO)nc1CC(C)C. The lowest BCUT2D eigenvalue weighted by atomic mass is 10.1. The normalized spacial score (nSPS) is 11.1. The third-order valence-electron chi connectivity index (χ3n) is 1.67. The molecule has 0 fully saturated rings. The molecule has 1 aromatic heterocycles. The van der Waals surface area contributed by atoms with Crippen molar-refractivity contribution < 1.29 is 5.11 Å². The molecule has 0 amide bonds. The van der Waals surface area contributed by atoms with Crippen molar-refractivity contribution in [2.24, 2.45) is 5.92 Å². The first kappa shape index (κ1) is 9.68. The van der Waals surface area contributed by atoms with E-state index in [9.17, 15) is 0 Å². The molecule has 1 aromatic rings. The largest absolute Gasteiger partial charge is 0.389 e. The van der Waals surface area contributed by atoms with Crippen LogP contribution in [0, 0.1) is 12.8 Å². The second kappa shape index (κ2) is 4.01. The Hall–Kier alpha value is -0.410. The Morgan fingerprint density at radius 3 is 2.58 bits per heavy atom. The van der Waals surface area contributed by atoms with Crippen molar-refractivity contribution in [3.63, 3.8) is 0 Å². The minimum absolute atomic E-state index is 0.0730. The van der Waals surface area contributed by atoms with Gasteiger partial charge in [0.15, 0.2) is 0 Å². The molecule has 1 heterocycles. The lowest BCUT2D eigenvalue weighted by Gasteiger charge is -2.00. The lowest BCUT2D eigenvalue weighted by Crippen LogP contribution is -1.96. The average Bonchev–Trinajstić information content (AvgIpc) is 2.31. The Kier molecular flexibility index (Phi) is 3.23. The fraction of sp³-hybridized carbons (Fsp3) is 0.667. The van der Waals surface area contributed by atoms with E-state index in [1.165, 1.54) is 4.88 Å². The van der Waals surface area contributed by atoms with Crippen LogP contribution >= 0.6 is 11.3 Å². The van der Waals surface area contributed by atoms with Crippen molar-refractivity contribution >= 4 is 11.3 Å². The molecule has 0 unspecified atom stereocenters. The molecule has 2 nitrogen and oxygen atoms in total. The van der Waals surface area contributed by atoms with Crippen molar-refractivity contribution in [2.45, 2.75) is 33.8 Å². The fourth-order valence-electron chi connectivity index (χ4n) is 1.13. The highest BCUT2D eigenvalue weighted by atomic mass is 32.1. The van der Waals surface area contributed by atoms with Crippen LogP contribution in [0.2, 0.25) is 0 Å². The van der Waals surface area contributed by atoms with Gasteiger partial charge in [-0.3, -0.25) is 0 Å². The molecule has 12 heavy (non-hydrogen) atoms. The van der Waals surface area contributed by atoms with Crippen LogP contribution in [0.3, 0.4) is 0 Å². The summed E-state index contributed by atoms with van der Waals surface area (Å²) in [6, 6.07) is 0. The van der Waals surface area contributed by atoms with E-state index in [1.54, 1.807) is 11.3 Å². The number of aromatic nitrogens is 1. The minimum atomic E-state index is 0.0730. The van der Waals surface area contributed by atoms with Crippen molar-refractivity contribution in [3.8, 4) is 0 Å². The molecule has 0 saturated carbocycles. The van der Waals surface area contributed by atoms with Crippen LogP contribution in [-0.4, -0.2) is 10.1 Å². The predicted molar refractivity (Wildman–Crippen MR) is 51.3 cm³/mol. The van der Waals surface area contributed by atoms with Crippen molar-refractivity contribution in [1.82, 2.24) is 4.98 Å². The van der Waals surface area contributed by atoms with Crippen LogP contribution in [0.25, 0.3) is 0 Å². The van der Waals surface area contributed by atoms with E-state index in [1.807, 2.05) is 0 Å². The van der Waals surface area contributed by atoms with Crippen LogP contribution in [0.5, 0.6) is 0 Å². The average molecular weight is 185 g/mol. The van der Waals surface area contributed by atoms with Crippen LogP contribution in [0.4, 0.5) is 0 Å². The summed E-state index contributed by atoms with van der Waals surface area (Å²) in [6.45, 7) is 6.49. The Bertz CT molecular complexity index is 255. The summed E-state index contributed by atoms with van der Waals surface area (Å²) in [7, 11) is 0. The first-order chi connectivity index (χ1) is 5.63. The summed E-state index contributed by atoms with van der Waals surface area (Å²) in [5.74, 6) is 0.636. The van der Waals surface area contributed by atoms with Crippen molar-refractivity contribution in [3.05, 3.63) is 15.6 Å². The van der Waals surface area contributed by atoms with Gasteiger partial charge in [0.25, 0.3) is 0 Å². The molecule has 1 N–H and O–H groups in total. The smallest absolute Gasteiger partial charge is 0.119 e. The zero-order chi connectivity index (χ0) is 9.14. The predicted octanol–water partition coefficient (Wildman–Crippen LogP) is 2.14. The van der Waals surface area contributed by atoms with Gasteiger partial charge in [0.05, 0.1) is 12.3 Å². The highest BCUT2D eigenvalue weighted by Crippen LogP contribution is 2.19. The highest BCUT2D eigenvalue weighted by molar-refractivity contribution is 7.11. The van der Waals surface area contributed by atoms with E-state index in [2.05, 4.69) is 25.8 Å². The third kappa shape index (κ3) is 2.29. The van der Waals surface area contributed by atoms with Gasteiger partial charge >= 0.3 is 0 Å². The second-order valence-corrected chi connectivity index (χ2v) is 4.65. The van der Waals surface area contributed by atoms with Gasteiger partial charge in [0.2, 0.25) is 0 Å². The lowest BCUT2D eigenvalue weighted by molar-refractivity contribution is 0.281. The Labute approximate surface area is 77.3 Å². The molecule has 68 valence electrons. The van der Waals surface area contributed by atoms with Gasteiger partial charge in [0, 0.05) is 4.88 Å². The molecular formula is C9H15NOS. The maximum atomic E-state index is 8.86. The van der Waals surface area contributed by atoms with Crippen LogP contribution in [-0.2, 0) is 13.0 Å². The van der Waals surface area contributed by atoms with Crippen LogP contribution < -0.4 is 0 Å². The van der Waals surface area contributed by atoms with E-state index in [0.29, 0.717) is 5.92 Å². The van der Waals surface area contributed by atoms with Crippen molar-refractivity contribution in [1.29, 1.82) is 0 Å². The Balaban J connectivity index is 2.77. The van der Waals surface area contributed by atoms with E-state index >= 15 is 0 Å². The summed E-state index contributed by atoms with van der Waals surface area (Å²) in [6.07, 6.45) is 1.02. The third-order valence-corrected chi connectivity index (χ3v) is 2.67. The number of aliphatic hydroxyl groups is 1. The van der Waals surface area contributed by atoms with Gasteiger partial charge in [-0.05, 0) is 19.3 Å². The van der Waals surface area contributed by atoms with Crippen LogP contribution in [0.15, 0.2) is 0 Å². The summed E-state index contributed by atoms with van der Waals surface area (Å²) in [4.78, 5) is 5.58. The van der Waals surface area contributed by atoms with Gasteiger partial charge in [0.1, 0.15) is 5.01 Å². The van der Waals surface area contributed by atoms with E-state index < -0.39 is 0 Å². The van der Waals surface area contributed by atoms with Gasteiger partial charge in [-0.25, -0.2) is 4.98 Å². The minimum Gasteiger partial charge on any atom is -0.389 e. The second-order valence-electron chi connectivity index (χ2n) is 3.37. The molecule has 0 spiro atoms. The van der Waals surface area contributed by atoms with E-state index in [-0.39, 0.29) is 6.61 Å². The van der Waals surface area contributed by atoms with E-state index in [0.717, 1.165) is 17.1 Å². The van der Waals surface area contributed by atoms with Gasteiger partial charge in [-0.1, -0.05) is 13.8 Å². The zero-order valence-corrected chi connectivity index (χ0v) is 8.61.